The Bertz CT molecular complexity index is 744. The van der Waals surface area contributed by atoms with Gasteiger partial charge in [0.2, 0.25) is 5.89 Å². The molecule has 0 saturated carbocycles. The number of oxazole rings is 1. The Kier molecular flexibility index (Phi) is 2.47. The van der Waals surface area contributed by atoms with Crippen molar-refractivity contribution in [2.45, 2.75) is 19.4 Å². The molecule has 4 heteroatoms. The van der Waals surface area contributed by atoms with Gasteiger partial charge in [-0.3, -0.25) is 0 Å². The Morgan fingerprint density at radius 1 is 1.37 bits per heavy atom. The third kappa shape index (κ3) is 1.71. The standard InChI is InChI=1S/C15H14N2OS/c1-9-3-2-4-11-14(9)18-15(17-11)13-10-6-8-19-12(10)5-7-16-13/h2-4,6,8,13,16H,5,7H2,1H3. The Hall–Kier alpha value is -1.65. The minimum atomic E-state index is 0.0989. The van der Waals surface area contributed by atoms with Crippen LogP contribution in [0, 0.1) is 6.92 Å². The zero-order valence-electron chi connectivity index (χ0n) is 10.6. The summed E-state index contributed by atoms with van der Waals surface area (Å²) in [4.78, 5) is 6.10. The molecule has 1 unspecified atom stereocenters. The molecule has 0 bridgehead atoms. The largest absolute Gasteiger partial charge is 0.438 e. The van der Waals surface area contributed by atoms with Crippen molar-refractivity contribution in [2.75, 3.05) is 6.54 Å². The molecule has 1 aliphatic heterocycles. The van der Waals surface area contributed by atoms with Crippen LogP contribution in [0.3, 0.4) is 0 Å². The molecule has 1 aliphatic rings. The number of aromatic nitrogens is 1. The smallest absolute Gasteiger partial charge is 0.217 e. The van der Waals surface area contributed by atoms with Gasteiger partial charge in [0.25, 0.3) is 0 Å². The van der Waals surface area contributed by atoms with Crippen molar-refractivity contribution in [1.82, 2.24) is 10.3 Å². The molecule has 0 saturated heterocycles. The Balaban J connectivity index is 1.86. The maximum atomic E-state index is 6.00. The molecule has 0 fully saturated rings. The molecule has 0 aliphatic carbocycles. The molecule has 3 heterocycles. The highest BCUT2D eigenvalue weighted by atomic mass is 32.1. The van der Waals surface area contributed by atoms with Gasteiger partial charge in [-0.15, -0.1) is 11.3 Å². The molecule has 0 amide bonds. The third-order valence-electron chi connectivity index (χ3n) is 3.67. The monoisotopic (exact) mass is 270 g/mol. The van der Waals surface area contributed by atoms with Gasteiger partial charge in [0.1, 0.15) is 11.6 Å². The van der Waals surface area contributed by atoms with E-state index >= 15 is 0 Å². The minimum absolute atomic E-state index is 0.0989. The topological polar surface area (TPSA) is 38.1 Å². The van der Waals surface area contributed by atoms with Crippen molar-refractivity contribution >= 4 is 22.4 Å². The van der Waals surface area contributed by atoms with E-state index in [1.807, 2.05) is 23.5 Å². The average Bonchev–Trinajstić information content (AvgIpc) is 3.05. The molecule has 0 spiro atoms. The van der Waals surface area contributed by atoms with Crippen LogP contribution in [0.1, 0.15) is 27.9 Å². The maximum absolute atomic E-state index is 6.00. The van der Waals surface area contributed by atoms with Crippen LogP contribution in [-0.4, -0.2) is 11.5 Å². The predicted octanol–water partition coefficient (Wildman–Crippen LogP) is 3.43. The van der Waals surface area contributed by atoms with Crippen LogP contribution in [0.5, 0.6) is 0 Å². The number of rotatable bonds is 1. The summed E-state index contributed by atoms with van der Waals surface area (Å²) < 4.78 is 6.00. The fourth-order valence-corrected chi connectivity index (χ4v) is 3.62. The number of fused-ring (bicyclic) bond motifs is 2. The second kappa shape index (κ2) is 4.18. The van der Waals surface area contributed by atoms with Crippen LogP contribution in [-0.2, 0) is 6.42 Å². The van der Waals surface area contributed by atoms with Gasteiger partial charge in [-0.05, 0) is 42.0 Å². The Morgan fingerprint density at radius 2 is 2.32 bits per heavy atom. The van der Waals surface area contributed by atoms with E-state index in [4.69, 9.17) is 4.42 Å². The number of hydrogen-bond acceptors (Lipinski definition) is 4. The summed E-state index contributed by atoms with van der Waals surface area (Å²) in [6, 6.07) is 8.36. The van der Waals surface area contributed by atoms with E-state index in [9.17, 15) is 0 Å². The number of nitrogens with zero attached hydrogens (tertiary/aromatic N) is 1. The number of nitrogens with one attached hydrogen (secondary N) is 1. The zero-order valence-corrected chi connectivity index (χ0v) is 11.5. The first-order valence-corrected chi connectivity index (χ1v) is 7.36. The zero-order chi connectivity index (χ0) is 12.8. The highest BCUT2D eigenvalue weighted by Gasteiger charge is 2.26. The lowest BCUT2D eigenvalue weighted by atomic mass is 10.0. The lowest BCUT2D eigenvalue weighted by Crippen LogP contribution is -2.29. The maximum Gasteiger partial charge on any atom is 0.217 e. The number of benzene rings is 1. The highest BCUT2D eigenvalue weighted by Crippen LogP contribution is 2.33. The van der Waals surface area contributed by atoms with E-state index in [0.29, 0.717) is 0 Å². The quantitative estimate of drug-likeness (QED) is 0.736. The van der Waals surface area contributed by atoms with Gasteiger partial charge in [0.05, 0.1) is 0 Å². The summed E-state index contributed by atoms with van der Waals surface area (Å²) in [5, 5.41) is 5.66. The average molecular weight is 270 g/mol. The number of thiophene rings is 1. The molecule has 1 N–H and O–H groups in total. The van der Waals surface area contributed by atoms with Gasteiger partial charge in [0.15, 0.2) is 5.58 Å². The van der Waals surface area contributed by atoms with Gasteiger partial charge in [-0.2, -0.15) is 0 Å². The van der Waals surface area contributed by atoms with Crippen LogP contribution in [0.15, 0.2) is 34.1 Å². The Labute approximate surface area is 115 Å². The first-order chi connectivity index (χ1) is 9.33. The fourth-order valence-electron chi connectivity index (χ4n) is 2.70. The molecule has 3 aromatic rings. The van der Waals surface area contributed by atoms with E-state index in [1.165, 1.54) is 10.4 Å². The highest BCUT2D eigenvalue weighted by molar-refractivity contribution is 7.10. The second-order valence-corrected chi connectivity index (χ2v) is 5.91. The van der Waals surface area contributed by atoms with Crippen LogP contribution >= 0.6 is 11.3 Å². The van der Waals surface area contributed by atoms with E-state index in [1.54, 1.807) is 0 Å². The molecule has 2 aromatic heterocycles. The molecule has 4 rings (SSSR count). The summed E-state index contributed by atoms with van der Waals surface area (Å²) in [5.41, 5.74) is 4.30. The normalized spacial score (nSPS) is 18.7. The van der Waals surface area contributed by atoms with Crippen molar-refractivity contribution < 1.29 is 4.42 Å². The number of aryl methyl sites for hydroxylation is 1. The molecule has 96 valence electrons. The molecule has 1 atom stereocenters. The van der Waals surface area contributed by atoms with Gasteiger partial charge < -0.3 is 9.73 Å². The molecule has 1 aromatic carbocycles. The second-order valence-electron chi connectivity index (χ2n) is 4.91. The molecule has 19 heavy (non-hydrogen) atoms. The lowest BCUT2D eigenvalue weighted by Gasteiger charge is -2.21. The van der Waals surface area contributed by atoms with Gasteiger partial charge in [-0.25, -0.2) is 4.98 Å². The first-order valence-electron chi connectivity index (χ1n) is 6.48. The first kappa shape index (κ1) is 11.2. The van der Waals surface area contributed by atoms with Crippen LogP contribution in [0.4, 0.5) is 0 Å². The number of para-hydroxylation sites is 1. The van der Waals surface area contributed by atoms with Crippen molar-refractivity contribution in [3.63, 3.8) is 0 Å². The van der Waals surface area contributed by atoms with Gasteiger partial charge in [-0.1, -0.05) is 12.1 Å². The van der Waals surface area contributed by atoms with E-state index < -0.39 is 0 Å². The van der Waals surface area contributed by atoms with Gasteiger partial charge in [0, 0.05) is 11.4 Å². The SMILES string of the molecule is Cc1cccc2nc(C3NCCc4sccc43)oc12. The van der Waals surface area contributed by atoms with Crippen LogP contribution < -0.4 is 5.32 Å². The summed E-state index contributed by atoms with van der Waals surface area (Å²) in [6.07, 6.45) is 1.10. The summed E-state index contributed by atoms with van der Waals surface area (Å²) in [7, 11) is 0. The van der Waals surface area contributed by atoms with Crippen LogP contribution in [0.25, 0.3) is 11.1 Å². The summed E-state index contributed by atoms with van der Waals surface area (Å²) >= 11 is 1.82. The summed E-state index contributed by atoms with van der Waals surface area (Å²) in [6.45, 7) is 3.04. The predicted molar refractivity (Wildman–Crippen MR) is 76.6 cm³/mol. The summed E-state index contributed by atoms with van der Waals surface area (Å²) in [5.74, 6) is 0.781. The van der Waals surface area contributed by atoms with Crippen molar-refractivity contribution in [2.24, 2.45) is 0 Å². The van der Waals surface area contributed by atoms with Gasteiger partial charge >= 0.3 is 0 Å². The lowest BCUT2D eigenvalue weighted by molar-refractivity contribution is 0.441. The van der Waals surface area contributed by atoms with Crippen LogP contribution in [0.2, 0.25) is 0 Å². The third-order valence-corrected chi connectivity index (χ3v) is 4.66. The van der Waals surface area contributed by atoms with Crippen molar-refractivity contribution in [3.05, 3.63) is 51.5 Å². The Morgan fingerprint density at radius 3 is 3.21 bits per heavy atom. The van der Waals surface area contributed by atoms with Crippen molar-refractivity contribution in [3.8, 4) is 0 Å². The molecule has 3 nitrogen and oxygen atoms in total. The van der Waals surface area contributed by atoms with E-state index in [0.717, 1.165) is 35.5 Å². The number of hydrogen-bond donors (Lipinski definition) is 1. The molecular weight excluding hydrogens is 256 g/mol. The minimum Gasteiger partial charge on any atom is -0.438 e. The molecule has 0 radical (unpaired) electrons. The molecular formula is C15H14N2OS. The van der Waals surface area contributed by atoms with E-state index in [-0.39, 0.29) is 6.04 Å². The van der Waals surface area contributed by atoms with Crippen molar-refractivity contribution in [1.29, 1.82) is 0 Å². The van der Waals surface area contributed by atoms with E-state index in [2.05, 4.69) is 34.7 Å². The fraction of sp³-hybridized carbons (Fsp3) is 0.267.